The molecule has 2 heterocycles. The molecule has 0 saturated carbocycles. The van der Waals surface area contributed by atoms with E-state index in [1.807, 2.05) is 50.2 Å². The number of pyridine rings is 1. The Labute approximate surface area is 264 Å². The Morgan fingerprint density at radius 2 is 1.67 bits per heavy atom. The summed E-state index contributed by atoms with van der Waals surface area (Å²) in [5.74, 6) is 1.41. The fraction of sp³-hybridized carbons (Fsp3) is 0.176. The number of aldehydes is 2. The molecule has 0 spiro atoms. The zero-order chi connectivity index (χ0) is 31.8. The quantitative estimate of drug-likeness (QED) is 0.138. The summed E-state index contributed by atoms with van der Waals surface area (Å²) in [6, 6.07) is 18.7. The maximum absolute atomic E-state index is 11.7. The van der Waals surface area contributed by atoms with Gasteiger partial charge in [-0.05, 0) is 59.9 Å². The van der Waals surface area contributed by atoms with Crippen molar-refractivity contribution < 1.29 is 23.8 Å². The molecular formula is C34H28ClN5O5. The van der Waals surface area contributed by atoms with Crippen LogP contribution in [0.4, 0.5) is 0 Å². The average molecular weight is 622 g/mol. The molecule has 0 aliphatic rings. The Bertz CT molecular complexity index is 1900. The van der Waals surface area contributed by atoms with Crippen LogP contribution in [0.25, 0.3) is 11.1 Å². The first-order valence-corrected chi connectivity index (χ1v) is 14.3. The molecule has 0 saturated heterocycles. The van der Waals surface area contributed by atoms with E-state index in [0.29, 0.717) is 48.3 Å². The van der Waals surface area contributed by atoms with E-state index in [9.17, 15) is 9.59 Å². The van der Waals surface area contributed by atoms with E-state index in [2.05, 4.69) is 21.4 Å². The highest BCUT2D eigenvalue weighted by molar-refractivity contribution is 6.32. The van der Waals surface area contributed by atoms with Crippen molar-refractivity contribution in [1.29, 1.82) is 5.26 Å². The zero-order valence-electron chi connectivity index (χ0n) is 24.6. The lowest BCUT2D eigenvalue weighted by molar-refractivity contribution is 0.111. The summed E-state index contributed by atoms with van der Waals surface area (Å²) in [6.07, 6.45) is 5.95. The summed E-state index contributed by atoms with van der Waals surface area (Å²) >= 11 is 6.47. The summed E-state index contributed by atoms with van der Waals surface area (Å²) in [5.41, 5.74) is 6.67. The van der Waals surface area contributed by atoms with Crippen molar-refractivity contribution in [2.45, 2.75) is 33.6 Å². The van der Waals surface area contributed by atoms with Crippen molar-refractivity contribution in [3.05, 3.63) is 117 Å². The van der Waals surface area contributed by atoms with Crippen LogP contribution in [0.15, 0.2) is 73.2 Å². The number of nitriles is 1. The Morgan fingerprint density at radius 3 is 2.42 bits per heavy atom. The van der Waals surface area contributed by atoms with Gasteiger partial charge in [0.15, 0.2) is 12.6 Å². The van der Waals surface area contributed by atoms with E-state index in [-0.39, 0.29) is 29.5 Å². The van der Waals surface area contributed by atoms with E-state index in [0.717, 1.165) is 33.6 Å². The molecule has 0 amide bonds. The highest BCUT2D eigenvalue weighted by Crippen LogP contribution is 2.36. The number of benzene rings is 3. The molecule has 11 heteroatoms. The third-order valence-electron chi connectivity index (χ3n) is 7.17. The van der Waals surface area contributed by atoms with Gasteiger partial charge < -0.3 is 14.2 Å². The van der Waals surface area contributed by atoms with Gasteiger partial charge in [0.2, 0.25) is 0 Å². The summed E-state index contributed by atoms with van der Waals surface area (Å²) in [5, 5.41) is 17.1. The molecule has 0 unspecified atom stereocenters. The Morgan fingerprint density at radius 1 is 0.889 bits per heavy atom. The number of halogens is 1. The Kier molecular flexibility index (Phi) is 9.82. The van der Waals surface area contributed by atoms with Crippen molar-refractivity contribution in [2.75, 3.05) is 6.61 Å². The topological polar surface area (TPSA) is 129 Å². The zero-order valence-corrected chi connectivity index (χ0v) is 25.3. The number of hydrogen-bond donors (Lipinski definition) is 0. The van der Waals surface area contributed by atoms with Crippen LogP contribution in [0, 0.1) is 25.2 Å². The van der Waals surface area contributed by atoms with E-state index >= 15 is 0 Å². The SMILES string of the molecule is Cc1c(COc2cc(OCc3cncc(C#N)c3)c(C=O)cc2Cl)cccc1-c1cccc(OCCn2cc(C=O)nn2)c1C. The summed E-state index contributed by atoms with van der Waals surface area (Å²) < 4.78 is 19.7. The third-order valence-corrected chi connectivity index (χ3v) is 7.46. The minimum Gasteiger partial charge on any atom is -0.491 e. The van der Waals surface area contributed by atoms with E-state index < -0.39 is 0 Å². The number of nitrogens with zero attached hydrogens (tertiary/aromatic N) is 5. The maximum atomic E-state index is 11.7. The van der Waals surface area contributed by atoms with Crippen molar-refractivity contribution >= 4 is 24.2 Å². The minimum absolute atomic E-state index is 0.106. The molecule has 3 aromatic carbocycles. The summed E-state index contributed by atoms with van der Waals surface area (Å²) in [6.45, 7) is 5.18. The first kappa shape index (κ1) is 30.9. The first-order chi connectivity index (χ1) is 21.9. The van der Waals surface area contributed by atoms with E-state index in [1.165, 1.54) is 12.3 Å². The van der Waals surface area contributed by atoms with Gasteiger partial charge in [-0.1, -0.05) is 47.1 Å². The molecular weight excluding hydrogens is 594 g/mol. The van der Waals surface area contributed by atoms with Gasteiger partial charge in [0.05, 0.1) is 28.9 Å². The molecule has 0 radical (unpaired) electrons. The van der Waals surface area contributed by atoms with E-state index in [4.69, 9.17) is 31.1 Å². The van der Waals surface area contributed by atoms with Crippen LogP contribution in [-0.2, 0) is 19.8 Å². The van der Waals surface area contributed by atoms with E-state index in [1.54, 1.807) is 29.2 Å². The third kappa shape index (κ3) is 7.34. The number of aromatic nitrogens is 4. The summed E-state index contributed by atoms with van der Waals surface area (Å²) in [7, 11) is 0. The second-order valence-electron chi connectivity index (χ2n) is 10.1. The van der Waals surface area contributed by atoms with Crippen LogP contribution in [-0.4, -0.2) is 39.2 Å². The van der Waals surface area contributed by atoms with Gasteiger partial charge >= 0.3 is 0 Å². The van der Waals surface area contributed by atoms with Crippen LogP contribution in [0.5, 0.6) is 17.2 Å². The molecule has 2 aromatic heterocycles. The van der Waals surface area contributed by atoms with Crippen LogP contribution < -0.4 is 14.2 Å². The van der Waals surface area contributed by atoms with Crippen molar-refractivity contribution in [2.24, 2.45) is 0 Å². The number of carbonyl (C=O) groups excluding carboxylic acids is 2. The molecule has 5 aromatic rings. The fourth-order valence-corrected chi connectivity index (χ4v) is 4.97. The summed E-state index contributed by atoms with van der Waals surface area (Å²) in [4.78, 5) is 26.6. The molecule has 226 valence electrons. The van der Waals surface area contributed by atoms with Gasteiger partial charge in [-0.3, -0.25) is 14.6 Å². The molecule has 5 rings (SSSR count). The van der Waals surface area contributed by atoms with Crippen molar-refractivity contribution in [3.8, 4) is 34.4 Å². The van der Waals surface area contributed by atoms with Crippen LogP contribution in [0.3, 0.4) is 0 Å². The van der Waals surface area contributed by atoms with Gasteiger partial charge in [-0.2, -0.15) is 5.26 Å². The highest BCUT2D eigenvalue weighted by atomic mass is 35.5. The Balaban J connectivity index is 1.30. The number of carbonyl (C=O) groups is 2. The lowest BCUT2D eigenvalue weighted by Gasteiger charge is -2.17. The first-order valence-electron chi connectivity index (χ1n) is 13.9. The number of rotatable bonds is 13. The lowest BCUT2D eigenvalue weighted by atomic mass is 9.93. The molecule has 0 bridgehead atoms. The molecule has 45 heavy (non-hydrogen) atoms. The lowest BCUT2D eigenvalue weighted by Crippen LogP contribution is -2.09. The fourth-order valence-electron chi connectivity index (χ4n) is 4.74. The molecule has 0 N–H and O–H groups in total. The average Bonchev–Trinajstić information content (AvgIpc) is 3.53. The second-order valence-corrected chi connectivity index (χ2v) is 10.5. The van der Waals surface area contributed by atoms with Gasteiger partial charge in [-0.15, -0.1) is 5.10 Å². The normalized spacial score (nSPS) is 10.6. The number of hydrogen-bond acceptors (Lipinski definition) is 9. The van der Waals surface area contributed by atoms with Crippen LogP contribution in [0.2, 0.25) is 5.02 Å². The predicted molar refractivity (Wildman–Crippen MR) is 167 cm³/mol. The van der Waals surface area contributed by atoms with Gasteiger partial charge in [0.25, 0.3) is 0 Å². The highest BCUT2D eigenvalue weighted by Gasteiger charge is 2.15. The minimum atomic E-state index is 0.106. The Hall–Kier alpha value is -5.53. The molecule has 0 aliphatic heterocycles. The molecule has 0 atom stereocenters. The van der Waals surface area contributed by atoms with Crippen molar-refractivity contribution in [1.82, 2.24) is 20.0 Å². The van der Waals surface area contributed by atoms with Crippen molar-refractivity contribution in [3.63, 3.8) is 0 Å². The molecule has 10 nitrogen and oxygen atoms in total. The molecule has 0 aliphatic carbocycles. The molecule has 0 fully saturated rings. The monoisotopic (exact) mass is 621 g/mol. The van der Waals surface area contributed by atoms with Gasteiger partial charge in [-0.25, -0.2) is 4.68 Å². The van der Waals surface area contributed by atoms with Gasteiger partial charge in [0.1, 0.15) is 48.8 Å². The maximum Gasteiger partial charge on any atom is 0.171 e. The smallest absolute Gasteiger partial charge is 0.171 e. The van der Waals surface area contributed by atoms with Gasteiger partial charge in [0, 0.05) is 24.0 Å². The predicted octanol–water partition coefficient (Wildman–Crippen LogP) is 6.34. The largest absolute Gasteiger partial charge is 0.491 e. The second kappa shape index (κ2) is 14.3. The number of ether oxygens (including phenoxy) is 3. The van der Waals surface area contributed by atoms with Crippen LogP contribution >= 0.6 is 11.6 Å². The standard InChI is InChI=1S/C34H28ClN5O5/c1-22-26(21-45-34-13-33(27(18-41)12-31(34)35)44-20-25-11-24(14-36)15-37-16-25)5-3-6-29(22)30-7-4-8-32(23(30)2)43-10-9-40-17-28(19-42)38-39-40/h3-8,11-13,15-19H,9-10,20-21H2,1-2H3. The van der Waals surface area contributed by atoms with Crippen LogP contribution in [0.1, 0.15) is 48.7 Å².